The van der Waals surface area contributed by atoms with Crippen molar-refractivity contribution < 1.29 is 19.2 Å². The molecule has 1 aromatic heterocycles. The average molecular weight is 240 g/mol. The van der Waals surface area contributed by atoms with Crippen LogP contribution in [-0.2, 0) is 4.79 Å². The van der Waals surface area contributed by atoms with Crippen LogP contribution >= 0.6 is 0 Å². The molecule has 0 saturated carbocycles. The maximum atomic E-state index is 11.8. The molecule has 6 heteroatoms. The number of aliphatic hydroxyl groups excluding tert-OH is 1. The fourth-order valence-electron chi connectivity index (χ4n) is 1.72. The van der Waals surface area contributed by atoms with Crippen molar-refractivity contribution in [1.82, 2.24) is 10.1 Å². The van der Waals surface area contributed by atoms with Crippen LogP contribution in [0.25, 0.3) is 0 Å². The van der Waals surface area contributed by atoms with Crippen molar-refractivity contribution in [2.45, 2.75) is 12.8 Å². The minimum Gasteiger partial charge on any atom is -0.400 e. The Morgan fingerprint density at radius 3 is 2.65 bits per heavy atom. The maximum absolute atomic E-state index is 11.8. The summed E-state index contributed by atoms with van der Waals surface area (Å²) >= 11 is 0. The number of aromatic nitrogens is 1. The summed E-state index contributed by atoms with van der Waals surface area (Å²) in [4.78, 5) is 24.0. The molecule has 0 radical (unpaired) electrons. The molecule has 0 atom stereocenters. The molecular weight excluding hydrogens is 224 g/mol. The number of hydrogen-bond acceptors (Lipinski definition) is 5. The fraction of sp³-hybridized carbons (Fsp3) is 0.545. The molecule has 1 aliphatic heterocycles. The monoisotopic (exact) mass is 240 g/mol. The SMILES string of the molecule is CO.O=CC1CCN(C(=O)c2ccno2)CC1. The molecule has 1 aromatic rings. The van der Waals surface area contributed by atoms with Gasteiger partial charge in [-0.1, -0.05) is 5.16 Å². The van der Waals surface area contributed by atoms with Crippen molar-refractivity contribution in [3.8, 4) is 0 Å². The van der Waals surface area contributed by atoms with E-state index in [1.165, 1.54) is 6.20 Å². The van der Waals surface area contributed by atoms with Gasteiger partial charge >= 0.3 is 0 Å². The number of carbonyl (C=O) groups is 2. The third kappa shape index (κ3) is 3.39. The van der Waals surface area contributed by atoms with E-state index in [4.69, 9.17) is 9.63 Å². The van der Waals surface area contributed by atoms with E-state index >= 15 is 0 Å². The Morgan fingerprint density at radius 2 is 2.18 bits per heavy atom. The Hall–Kier alpha value is -1.69. The lowest BCUT2D eigenvalue weighted by Crippen LogP contribution is -2.38. The van der Waals surface area contributed by atoms with Crippen LogP contribution in [0.2, 0.25) is 0 Å². The molecule has 1 aliphatic rings. The van der Waals surface area contributed by atoms with Crippen LogP contribution in [-0.4, -0.2) is 47.6 Å². The number of hydrogen-bond donors (Lipinski definition) is 1. The third-order valence-corrected chi connectivity index (χ3v) is 2.67. The van der Waals surface area contributed by atoms with Gasteiger partial charge in [-0.15, -0.1) is 0 Å². The second-order valence-electron chi connectivity index (χ2n) is 3.64. The van der Waals surface area contributed by atoms with Gasteiger partial charge < -0.3 is 19.3 Å². The van der Waals surface area contributed by atoms with Gasteiger partial charge in [-0.25, -0.2) is 0 Å². The first kappa shape index (κ1) is 13.4. The van der Waals surface area contributed by atoms with E-state index in [-0.39, 0.29) is 17.6 Å². The molecule has 1 fully saturated rings. The fourth-order valence-corrected chi connectivity index (χ4v) is 1.72. The highest BCUT2D eigenvalue weighted by molar-refractivity contribution is 5.91. The summed E-state index contributed by atoms with van der Waals surface area (Å²) in [5.41, 5.74) is 0. The molecular formula is C11H16N2O4. The molecule has 17 heavy (non-hydrogen) atoms. The van der Waals surface area contributed by atoms with Crippen LogP contribution in [0, 0.1) is 5.92 Å². The molecule has 1 saturated heterocycles. The Morgan fingerprint density at radius 1 is 1.53 bits per heavy atom. The zero-order valence-corrected chi connectivity index (χ0v) is 9.70. The van der Waals surface area contributed by atoms with E-state index < -0.39 is 0 Å². The van der Waals surface area contributed by atoms with Crippen molar-refractivity contribution in [2.75, 3.05) is 20.2 Å². The van der Waals surface area contributed by atoms with Crippen LogP contribution in [0.4, 0.5) is 0 Å². The van der Waals surface area contributed by atoms with Gasteiger partial charge in [0.15, 0.2) is 0 Å². The number of piperidine rings is 1. The molecule has 0 spiro atoms. The van der Waals surface area contributed by atoms with E-state index in [1.807, 2.05) is 0 Å². The van der Waals surface area contributed by atoms with Gasteiger partial charge in [0.1, 0.15) is 6.29 Å². The largest absolute Gasteiger partial charge is 0.400 e. The number of amides is 1. The number of aliphatic hydroxyl groups is 1. The zero-order valence-electron chi connectivity index (χ0n) is 9.70. The molecule has 94 valence electrons. The van der Waals surface area contributed by atoms with Crippen LogP contribution in [0.1, 0.15) is 23.4 Å². The number of rotatable bonds is 2. The Kier molecular flexibility index (Phi) is 5.35. The quantitative estimate of drug-likeness (QED) is 0.753. The first-order valence-electron chi connectivity index (χ1n) is 5.41. The molecule has 2 rings (SSSR count). The van der Waals surface area contributed by atoms with Gasteiger partial charge in [0.05, 0.1) is 6.20 Å². The van der Waals surface area contributed by atoms with Crippen molar-refractivity contribution in [1.29, 1.82) is 0 Å². The Bertz CT molecular complexity index is 342. The van der Waals surface area contributed by atoms with Crippen molar-refractivity contribution in [3.05, 3.63) is 18.0 Å². The Balaban J connectivity index is 0.000000686. The zero-order chi connectivity index (χ0) is 12.7. The maximum Gasteiger partial charge on any atom is 0.292 e. The summed E-state index contributed by atoms with van der Waals surface area (Å²) < 4.78 is 4.79. The number of aldehydes is 1. The summed E-state index contributed by atoms with van der Waals surface area (Å²) in [6, 6.07) is 1.55. The van der Waals surface area contributed by atoms with Crippen molar-refractivity contribution >= 4 is 12.2 Å². The standard InChI is InChI=1S/C10H12N2O3.CH4O/c13-7-8-2-5-12(6-3-8)10(14)9-1-4-11-15-9;1-2/h1,4,7-8H,2-3,5-6H2;2H,1H3. The highest BCUT2D eigenvalue weighted by Crippen LogP contribution is 2.16. The van der Waals surface area contributed by atoms with E-state index in [9.17, 15) is 9.59 Å². The third-order valence-electron chi connectivity index (χ3n) is 2.67. The number of carbonyl (C=O) groups excluding carboxylic acids is 2. The molecule has 0 aliphatic carbocycles. The minimum atomic E-state index is -0.142. The van der Waals surface area contributed by atoms with E-state index in [1.54, 1.807) is 11.0 Å². The lowest BCUT2D eigenvalue weighted by molar-refractivity contribution is -0.112. The van der Waals surface area contributed by atoms with Gasteiger partial charge in [0.25, 0.3) is 5.91 Å². The highest BCUT2D eigenvalue weighted by atomic mass is 16.5. The Labute approximate surface area is 99.2 Å². The summed E-state index contributed by atoms with van der Waals surface area (Å²) in [5.74, 6) is 0.222. The summed E-state index contributed by atoms with van der Waals surface area (Å²) in [6.45, 7) is 1.23. The molecule has 0 aromatic carbocycles. The predicted molar refractivity (Wildman–Crippen MR) is 59.3 cm³/mol. The molecule has 2 heterocycles. The normalized spacial score (nSPS) is 16.0. The van der Waals surface area contributed by atoms with Gasteiger partial charge in [-0.2, -0.15) is 0 Å². The smallest absolute Gasteiger partial charge is 0.292 e. The van der Waals surface area contributed by atoms with Crippen LogP contribution in [0.3, 0.4) is 0 Å². The van der Waals surface area contributed by atoms with Crippen molar-refractivity contribution in [2.24, 2.45) is 5.92 Å². The summed E-state index contributed by atoms with van der Waals surface area (Å²) in [7, 11) is 1.00. The second kappa shape index (κ2) is 6.80. The van der Waals surface area contributed by atoms with Crippen LogP contribution in [0.15, 0.2) is 16.8 Å². The van der Waals surface area contributed by atoms with E-state index in [0.717, 1.165) is 26.2 Å². The lowest BCUT2D eigenvalue weighted by atomic mass is 9.98. The first-order chi connectivity index (χ1) is 8.31. The topological polar surface area (TPSA) is 83.6 Å². The van der Waals surface area contributed by atoms with E-state index in [0.29, 0.717) is 13.1 Å². The highest BCUT2D eigenvalue weighted by Gasteiger charge is 2.24. The summed E-state index contributed by atoms with van der Waals surface area (Å²) in [6.07, 6.45) is 3.90. The summed E-state index contributed by atoms with van der Waals surface area (Å²) in [5, 5.41) is 10.5. The van der Waals surface area contributed by atoms with Crippen molar-refractivity contribution in [3.63, 3.8) is 0 Å². The molecule has 0 bridgehead atoms. The number of likely N-dealkylation sites (tertiary alicyclic amines) is 1. The minimum absolute atomic E-state index is 0.101. The van der Waals surface area contributed by atoms with Gasteiger partial charge in [-0.05, 0) is 12.8 Å². The molecule has 6 nitrogen and oxygen atoms in total. The molecule has 0 unspecified atom stereocenters. The molecule has 1 N–H and O–H groups in total. The van der Waals surface area contributed by atoms with Gasteiger partial charge in [0, 0.05) is 32.2 Å². The predicted octanol–water partition coefficient (Wildman–Crippen LogP) is 0.334. The second-order valence-corrected chi connectivity index (χ2v) is 3.64. The van der Waals surface area contributed by atoms with Gasteiger partial charge in [0.2, 0.25) is 5.76 Å². The lowest BCUT2D eigenvalue weighted by Gasteiger charge is -2.28. The van der Waals surface area contributed by atoms with E-state index in [2.05, 4.69) is 5.16 Å². The van der Waals surface area contributed by atoms with Crippen LogP contribution in [0.5, 0.6) is 0 Å². The average Bonchev–Trinajstić information content (AvgIpc) is 2.94. The van der Waals surface area contributed by atoms with Gasteiger partial charge in [-0.3, -0.25) is 4.79 Å². The number of nitrogens with zero attached hydrogens (tertiary/aromatic N) is 2. The first-order valence-corrected chi connectivity index (χ1v) is 5.41. The van der Waals surface area contributed by atoms with Crippen LogP contribution < -0.4 is 0 Å². The molecule has 1 amide bonds.